The zero-order chi connectivity index (χ0) is 0. The third kappa shape index (κ3) is 10.3. The molecule has 0 aliphatic heterocycles. The molecular weight excluding hydrogens is 186 g/mol. The van der Waals surface area contributed by atoms with Gasteiger partial charge in [-0.25, -0.2) is 0 Å². The molecule has 0 saturated carbocycles. The van der Waals surface area contributed by atoms with Crippen LogP contribution in [0.15, 0.2) is 0 Å². The van der Waals surface area contributed by atoms with E-state index in [0.717, 1.165) is 0 Å². The number of rotatable bonds is 0. The van der Waals surface area contributed by atoms with E-state index in [4.69, 9.17) is 0 Å². The summed E-state index contributed by atoms with van der Waals surface area (Å²) in [4.78, 5) is 0. The molecule has 0 N–H and O–H groups in total. The van der Waals surface area contributed by atoms with Gasteiger partial charge in [-0.2, -0.15) is 0 Å². The summed E-state index contributed by atoms with van der Waals surface area (Å²) in [7, 11) is 0. The Morgan fingerprint density at radius 2 is 0.750 bits per heavy atom. The first-order chi connectivity index (χ1) is 0. The molecule has 0 unspecified atom stereocenters. The van der Waals surface area contributed by atoms with Gasteiger partial charge in [0, 0.05) is 0 Å². The van der Waals surface area contributed by atoms with E-state index in [1.165, 1.54) is 0 Å². The molecule has 24 valence electrons. The summed E-state index contributed by atoms with van der Waals surface area (Å²) in [5.74, 6) is 0. The van der Waals surface area contributed by atoms with Crippen molar-refractivity contribution in [3.8, 4) is 0 Å². The fourth-order valence-electron chi connectivity index (χ4n) is 0. The Kier molecular flexibility index (Phi) is 404. The van der Waals surface area contributed by atoms with Crippen LogP contribution in [-0.2, 0) is 53.1 Å². The summed E-state index contributed by atoms with van der Waals surface area (Å²) in [6, 6.07) is 0. The molecule has 0 heterocycles. The molecule has 4 heteroatoms. The first-order valence-electron chi connectivity index (χ1n) is 0. The van der Waals surface area contributed by atoms with Gasteiger partial charge in [-0.15, -0.1) is 0 Å². The number of hydrogen-bond acceptors (Lipinski definition) is 0. The van der Waals surface area contributed by atoms with Crippen LogP contribution in [-0.4, -0.2) is 0 Å². The SMILES string of the molecule is [O-2].[O-2].[Pd+2].[Ti+4]. The van der Waals surface area contributed by atoms with E-state index in [1.807, 2.05) is 0 Å². The van der Waals surface area contributed by atoms with Crippen LogP contribution >= 0.6 is 0 Å². The molecule has 0 atom stereocenters. The van der Waals surface area contributed by atoms with Gasteiger partial charge in [-0.1, -0.05) is 0 Å². The average molecular weight is 186 g/mol. The van der Waals surface area contributed by atoms with Gasteiger partial charge in [0.05, 0.1) is 0 Å². The monoisotopic (exact) mass is 186 g/mol. The van der Waals surface area contributed by atoms with Crippen LogP contribution in [0.25, 0.3) is 0 Å². The maximum absolute atomic E-state index is 0. The van der Waals surface area contributed by atoms with Gasteiger partial charge in [0.1, 0.15) is 0 Å². The Bertz CT molecular complexity index is 6.00. The summed E-state index contributed by atoms with van der Waals surface area (Å²) in [5.41, 5.74) is 0. The van der Waals surface area contributed by atoms with Gasteiger partial charge in [-0.05, 0) is 0 Å². The van der Waals surface area contributed by atoms with Gasteiger partial charge < -0.3 is 11.0 Å². The Morgan fingerprint density at radius 1 is 0.750 bits per heavy atom. The van der Waals surface area contributed by atoms with Crippen LogP contribution < -0.4 is 0 Å². The molecule has 0 fully saturated rings. The maximum Gasteiger partial charge on any atom is 4.00 e. The molecule has 0 aliphatic rings. The first-order valence-corrected chi connectivity index (χ1v) is 0. The Balaban J connectivity index is 0. The van der Waals surface area contributed by atoms with Crippen LogP contribution in [0.1, 0.15) is 0 Å². The molecule has 0 radical (unpaired) electrons. The van der Waals surface area contributed by atoms with E-state index in [1.54, 1.807) is 0 Å². The smallest absolute Gasteiger partial charge is 2.00 e. The fraction of sp³-hybridized carbons (Fsp3) is 0. The normalized spacial score (nSPS) is 0. The van der Waals surface area contributed by atoms with Crippen molar-refractivity contribution in [3.63, 3.8) is 0 Å². The van der Waals surface area contributed by atoms with Crippen LogP contribution in [0, 0.1) is 0 Å². The van der Waals surface area contributed by atoms with Gasteiger partial charge in [-0.3, -0.25) is 0 Å². The summed E-state index contributed by atoms with van der Waals surface area (Å²) >= 11 is 0. The Labute approximate surface area is 53.1 Å². The van der Waals surface area contributed by atoms with E-state index >= 15 is 0 Å². The van der Waals surface area contributed by atoms with E-state index in [9.17, 15) is 0 Å². The molecule has 0 bridgehead atoms. The van der Waals surface area contributed by atoms with Crippen molar-refractivity contribution >= 4 is 0 Å². The van der Waals surface area contributed by atoms with Gasteiger partial charge in [0.25, 0.3) is 0 Å². The minimum absolute atomic E-state index is 0. The second-order valence-electron chi connectivity index (χ2n) is 0. The molecule has 0 aromatic rings. The first kappa shape index (κ1) is 58.2. The second-order valence-corrected chi connectivity index (χ2v) is 0. The quantitative estimate of drug-likeness (QED) is 0.469. The average Bonchev–Trinajstić information content (AvgIpc) is 0. The topological polar surface area (TPSA) is 57.0 Å². The summed E-state index contributed by atoms with van der Waals surface area (Å²) < 4.78 is 0. The van der Waals surface area contributed by atoms with Crippen molar-refractivity contribution in [3.05, 3.63) is 0 Å². The molecule has 0 amide bonds. The van der Waals surface area contributed by atoms with Crippen LogP contribution in [0.5, 0.6) is 0 Å². The van der Waals surface area contributed by atoms with Crippen molar-refractivity contribution in [2.75, 3.05) is 0 Å². The van der Waals surface area contributed by atoms with Gasteiger partial charge >= 0.3 is 42.1 Å². The molecule has 0 spiro atoms. The third-order valence-corrected chi connectivity index (χ3v) is 0. The van der Waals surface area contributed by atoms with Crippen LogP contribution in [0.3, 0.4) is 0 Å². The molecule has 0 aromatic carbocycles. The molecule has 4 heavy (non-hydrogen) atoms. The predicted octanol–water partition coefficient (Wildman–Crippen LogP) is -0.243. The summed E-state index contributed by atoms with van der Waals surface area (Å²) in [5, 5.41) is 0. The molecule has 0 aromatic heterocycles. The number of hydrogen-bond donors (Lipinski definition) is 0. The third-order valence-electron chi connectivity index (χ3n) is 0. The minimum Gasteiger partial charge on any atom is -2.00 e. The van der Waals surface area contributed by atoms with Crippen LogP contribution in [0.4, 0.5) is 0 Å². The maximum atomic E-state index is 0. The van der Waals surface area contributed by atoms with Crippen molar-refractivity contribution in [1.29, 1.82) is 0 Å². The molecule has 2 nitrogen and oxygen atoms in total. The Hall–Kier alpha value is 1.30. The van der Waals surface area contributed by atoms with Crippen molar-refractivity contribution in [2.45, 2.75) is 0 Å². The second kappa shape index (κ2) is 27.8. The van der Waals surface area contributed by atoms with Crippen molar-refractivity contribution in [2.24, 2.45) is 0 Å². The van der Waals surface area contributed by atoms with E-state index in [0.29, 0.717) is 0 Å². The van der Waals surface area contributed by atoms with Gasteiger partial charge in [0.2, 0.25) is 0 Å². The molecule has 0 rings (SSSR count). The fourth-order valence-corrected chi connectivity index (χ4v) is 0. The van der Waals surface area contributed by atoms with E-state index in [-0.39, 0.29) is 53.1 Å². The minimum atomic E-state index is 0. The molecule has 0 aliphatic carbocycles. The van der Waals surface area contributed by atoms with Crippen LogP contribution in [0.2, 0.25) is 0 Å². The molecular formula is O2PdTi+2. The zero-order valence-electron chi connectivity index (χ0n) is 1.63. The van der Waals surface area contributed by atoms with Crippen molar-refractivity contribution < 1.29 is 53.1 Å². The Morgan fingerprint density at radius 3 is 0.750 bits per heavy atom. The van der Waals surface area contributed by atoms with E-state index in [2.05, 4.69) is 0 Å². The van der Waals surface area contributed by atoms with Crippen molar-refractivity contribution in [1.82, 2.24) is 0 Å². The standard InChI is InChI=1S/2O.Pd.Ti/q2*-2;+2;+4. The summed E-state index contributed by atoms with van der Waals surface area (Å²) in [6.07, 6.45) is 0. The predicted molar refractivity (Wildman–Crippen MR) is 1.37 cm³/mol. The summed E-state index contributed by atoms with van der Waals surface area (Å²) in [6.45, 7) is 0. The zero-order valence-corrected chi connectivity index (χ0v) is 4.75. The van der Waals surface area contributed by atoms with E-state index < -0.39 is 0 Å². The molecule has 0 saturated heterocycles. The van der Waals surface area contributed by atoms with Gasteiger partial charge in [0.15, 0.2) is 0 Å². The largest absolute Gasteiger partial charge is 4.00 e.